The van der Waals surface area contributed by atoms with Crippen LogP contribution in [0.3, 0.4) is 0 Å². The first-order chi connectivity index (χ1) is 7.93. The molecular weight excluding hydrogens is 307 g/mol. The first-order valence-corrected chi connectivity index (χ1v) is 6.01. The van der Waals surface area contributed by atoms with Crippen molar-refractivity contribution >= 4 is 45.2 Å². The van der Waals surface area contributed by atoms with Crippen LogP contribution in [0.4, 0.5) is 10.5 Å². The number of carbonyl (C=O) groups excluding carboxylic acids is 1. The number of carbonyl (C=O) groups is 1. The Morgan fingerprint density at radius 3 is 2.76 bits per heavy atom. The van der Waals surface area contributed by atoms with Gasteiger partial charge in [0.25, 0.3) is 0 Å². The Morgan fingerprint density at radius 2 is 2.24 bits per heavy atom. The van der Waals surface area contributed by atoms with Crippen molar-refractivity contribution in [3.05, 3.63) is 27.2 Å². The summed E-state index contributed by atoms with van der Waals surface area (Å²) in [6.45, 7) is 1.95. The Kier molecular flexibility index (Phi) is 4.77. The molecule has 7 heteroatoms. The first kappa shape index (κ1) is 13.8. The predicted molar refractivity (Wildman–Crippen MR) is 72.6 cm³/mol. The Bertz CT molecular complexity index is 464. The number of urea groups is 1. The molecule has 5 N–H and O–H groups in total. The zero-order chi connectivity index (χ0) is 13.0. The monoisotopic (exact) mass is 318 g/mol. The van der Waals surface area contributed by atoms with Crippen LogP contribution in [0.25, 0.3) is 0 Å². The van der Waals surface area contributed by atoms with Crippen LogP contribution in [-0.2, 0) is 6.42 Å². The molecule has 0 aromatic heterocycles. The standard InChI is InChI=1S/C10H12BrClN4O/c1-2-5-3-6(12)4-7(11)8(5)15-10(17)16-9(13)14/h3-4H,2H2,1H3,(H5,13,14,15,16,17). The molecule has 0 atom stereocenters. The van der Waals surface area contributed by atoms with E-state index in [0.717, 1.165) is 12.0 Å². The third kappa shape index (κ3) is 3.90. The number of nitrogens with two attached hydrogens (primary N) is 1. The minimum atomic E-state index is -0.560. The van der Waals surface area contributed by atoms with E-state index in [-0.39, 0.29) is 0 Å². The maximum Gasteiger partial charge on any atom is 0.326 e. The van der Waals surface area contributed by atoms with Crippen molar-refractivity contribution < 1.29 is 4.79 Å². The molecule has 1 aromatic carbocycles. The van der Waals surface area contributed by atoms with Gasteiger partial charge in [-0.15, -0.1) is 0 Å². The average molecular weight is 320 g/mol. The lowest BCUT2D eigenvalue weighted by atomic mass is 10.1. The van der Waals surface area contributed by atoms with Gasteiger partial charge in [0.1, 0.15) is 0 Å². The van der Waals surface area contributed by atoms with E-state index in [1.165, 1.54) is 0 Å². The third-order valence-electron chi connectivity index (χ3n) is 2.00. The van der Waals surface area contributed by atoms with E-state index in [1.807, 2.05) is 6.92 Å². The van der Waals surface area contributed by atoms with Gasteiger partial charge >= 0.3 is 6.03 Å². The lowest BCUT2D eigenvalue weighted by Gasteiger charge is -2.13. The largest absolute Gasteiger partial charge is 0.370 e. The SMILES string of the molecule is CCc1cc(Cl)cc(Br)c1NC(=O)NC(=N)N. The molecule has 0 aliphatic carbocycles. The summed E-state index contributed by atoms with van der Waals surface area (Å²) in [7, 11) is 0. The van der Waals surface area contributed by atoms with Gasteiger partial charge in [0.15, 0.2) is 5.96 Å². The van der Waals surface area contributed by atoms with Crippen molar-refractivity contribution in [2.75, 3.05) is 5.32 Å². The van der Waals surface area contributed by atoms with E-state index in [1.54, 1.807) is 12.1 Å². The van der Waals surface area contributed by atoms with E-state index in [2.05, 4.69) is 26.6 Å². The van der Waals surface area contributed by atoms with E-state index < -0.39 is 12.0 Å². The van der Waals surface area contributed by atoms with Crippen LogP contribution < -0.4 is 16.4 Å². The Labute approximate surface area is 112 Å². The maximum atomic E-state index is 11.4. The lowest BCUT2D eigenvalue weighted by molar-refractivity contribution is 0.256. The van der Waals surface area contributed by atoms with Crippen LogP contribution in [0.15, 0.2) is 16.6 Å². The second kappa shape index (κ2) is 5.88. The van der Waals surface area contributed by atoms with E-state index >= 15 is 0 Å². The molecule has 0 radical (unpaired) electrons. The van der Waals surface area contributed by atoms with Gasteiger partial charge in [-0.1, -0.05) is 18.5 Å². The first-order valence-electron chi connectivity index (χ1n) is 4.84. The van der Waals surface area contributed by atoms with E-state index in [4.69, 9.17) is 22.7 Å². The Hall–Kier alpha value is -1.27. The van der Waals surface area contributed by atoms with Gasteiger partial charge in [-0.2, -0.15) is 0 Å². The fraction of sp³-hybridized carbons (Fsp3) is 0.200. The van der Waals surface area contributed by atoms with Crippen molar-refractivity contribution in [1.82, 2.24) is 5.32 Å². The van der Waals surface area contributed by atoms with Crippen LogP contribution >= 0.6 is 27.5 Å². The molecule has 5 nitrogen and oxygen atoms in total. The molecule has 0 spiro atoms. The predicted octanol–water partition coefficient (Wildman–Crippen LogP) is 2.68. The third-order valence-corrected chi connectivity index (χ3v) is 2.85. The van der Waals surface area contributed by atoms with Gasteiger partial charge in [-0.3, -0.25) is 10.7 Å². The van der Waals surface area contributed by atoms with Crippen LogP contribution in [0, 0.1) is 5.41 Å². The molecule has 0 unspecified atom stereocenters. The number of amides is 2. The Balaban J connectivity index is 2.97. The highest BCUT2D eigenvalue weighted by Gasteiger charge is 2.11. The average Bonchev–Trinajstić information content (AvgIpc) is 2.20. The molecule has 92 valence electrons. The number of nitrogens with one attached hydrogen (secondary N) is 3. The number of benzene rings is 1. The van der Waals surface area contributed by atoms with Crippen LogP contribution in [-0.4, -0.2) is 12.0 Å². The zero-order valence-electron chi connectivity index (χ0n) is 9.10. The molecule has 0 aliphatic rings. The molecule has 0 fully saturated rings. The zero-order valence-corrected chi connectivity index (χ0v) is 11.4. The number of guanidine groups is 1. The Morgan fingerprint density at radius 1 is 1.59 bits per heavy atom. The summed E-state index contributed by atoms with van der Waals surface area (Å²) in [5, 5.41) is 12.3. The minimum absolute atomic E-state index is 0.411. The van der Waals surface area contributed by atoms with Crippen LogP contribution in [0.1, 0.15) is 12.5 Å². The van der Waals surface area contributed by atoms with Crippen molar-refractivity contribution in [2.45, 2.75) is 13.3 Å². The fourth-order valence-corrected chi connectivity index (χ4v) is 2.29. The van der Waals surface area contributed by atoms with Gasteiger partial charge in [0.2, 0.25) is 0 Å². The van der Waals surface area contributed by atoms with E-state index in [9.17, 15) is 4.79 Å². The van der Waals surface area contributed by atoms with Crippen LogP contribution in [0.2, 0.25) is 5.02 Å². The highest BCUT2D eigenvalue weighted by atomic mass is 79.9. The molecule has 1 aromatic rings. The second-order valence-electron chi connectivity index (χ2n) is 3.27. The van der Waals surface area contributed by atoms with Crippen molar-refractivity contribution in [3.8, 4) is 0 Å². The quantitative estimate of drug-likeness (QED) is 0.498. The smallest absolute Gasteiger partial charge is 0.326 e. The van der Waals surface area contributed by atoms with E-state index in [0.29, 0.717) is 15.2 Å². The molecule has 0 bridgehead atoms. The molecule has 17 heavy (non-hydrogen) atoms. The second-order valence-corrected chi connectivity index (χ2v) is 4.56. The molecule has 1 rings (SSSR count). The van der Waals surface area contributed by atoms with Gasteiger partial charge in [-0.05, 0) is 40.0 Å². The van der Waals surface area contributed by atoms with Gasteiger partial charge < -0.3 is 11.1 Å². The highest BCUT2D eigenvalue weighted by Crippen LogP contribution is 2.30. The summed E-state index contributed by atoms with van der Waals surface area (Å²) in [4.78, 5) is 11.4. The number of halogens is 2. The normalized spacial score (nSPS) is 9.82. The summed E-state index contributed by atoms with van der Waals surface area (Å²) >= 11 is 9.23. The van der Waals surface area contributed by atoms with Gasteiger partial charge in [0, 0.05) is 9.50 Å². The summed E-state index contributed by atoms with van der Waals surface area (Å²) in [6.07, 6.45) is 0.717. The van der Waals surface area contributed by atoms with Gasteiger partial charge in [0.05, 0.1) is 5.69 Å². The number of hydrogen-bond acceptors (Lipinski definition) is 2. The van der Waals surface area contributed by atoms with Crippen LogP contribution in [0.5, 0.6) is 0 Å². The summed E-state index contributed by atoms with van der Waals surface area (Å²) < 4.78 is 0.681. The molecule has 0 saturated carbocycles. The van der Waals surface area contributed by atoms with Crippen molar-refractivity contribution in [1.29, 1.82) is 5.41 Å². The number of hydrogen-bond donors (Lipinski definition) is 4. The maximum absolute atomic E-state index is 11.4. The topological polar surface area (TPSA) is 91.0 Å². The van der Waals surface area contributed by atoms with Crippen molar-refractivity contribution in [2.24, 2.45) is 5.73 Å². The number of aryl methyl sites for hydroxylation is 1. The summed E-state index contributed by atoms with van der Waals surface area (Å²) in [5.74, 6) is -0.411. The lowest BCUT2D eigenvalue weighted by Crippen LogP contribution is -2.38. The fourth-order valence-electron chi connectivity index (χ4n) is 1.31. The molecule has 0 aliphatic heterocycles. The highest BCUT2D eigenvalue weighted by molar-refractivity contribution is 9.10. The minimum Gasteiger partial charge on any atom is -0.370 e. The molecular formula is C10H12BrClN4O. The van der Waals surface area contributed by atoms with Crippen molar-refractivity contribution in [3.63, 3.8) is 0 Å². The molecule has 0 heterocycles. The molecule has 2 amide bonds. The summed E-state index contributed by atoms with van der Waals surface area (Å²) in [6, 6.07) is 2.90. The van der Waals surface area contributed by atoms with Gasteiger partial charge in [-0.25, -0.2) is 4.79 Å². The summed E-state index contributed by atoms with van der Waals surface area (Å²) in [5.41, 5.74) is 6.57. The number of anilines is 1. The number of rotatable bonds is 2. The molecule has 0 saturated heterocycles.